The molecule has 0 radical (unpaired) electrons. The molecule has 1 fully saturated rings. The highest BCUT2D eigenvalue weighted by atomic mass is 79.9. The first kappa shape index (κ1) is 11.3. The predicted molar refractivity (Wildman–Crippen MR) is 66.4 cm³/mol. The van der Waals surface area contributed by atoms with Gasteiger partial charge in [-0.25, -0.2) is 0 Å². The lowest BCUT2D eigenvalue weighted by Crippen LogP contribution is -2.38. The molecule has 0 unspecified atom stereocenters. The van der Waals surface area contributed by atoms with Crippen molar-refractivity contribution in [3.05, 3.63) is 20.8 Å². The molecule has 1 aliphatic rings. The summed E-state index contributed by atoms with van der Waals surface area (Å²) in [4.78, 5) is 12.8. The normalized spacial score (nSPS) is 19.3. The molecule has 15 heavy (non-hydrogen) atoms. The number of ketones is 1. The molecule has 2 N–H and O–H groups in total. The Labute approximate surface area is 102 Å². The average Bonchev–Trinajstić information content (AvgIpc) is 2.74. The van der Waals surface area contributed by atoms with E-state index in [1.165, 1.54) is 11.3 Å². The molecule has 0 atom stereocenters. The molecule has 2 rings (SSSR count). The second kappa shape index (κ2) is 4.36. The number of hydrogen-bond acceptors (Lipinski definition) is 3. The molecule has 2 nitrogen and oxygen atoms in total. The highest BCUT2D eigenvalue weighted by Crippen LogP contribution is 2.33. The van der Waals surface area contributed by atoms with E-state index in [2.05, 4.69) is 15.9 Å². The van der Waals surface area contributed by atoms with Crippen LogP contribution >= 0.6 is 27.3 Å². The van der Waals surface area contributed by atoms with Gasteiger partial charge in [-0.1, -0.05) is 12.8 Å². The molecule has 1 heterocycles. The summed E-state index contributed by atoms with van der Waals surface area (Å²) in [7, 11) is 0. The van der Waals surface area contributed by atoms with Gasteiger partial charge < -0.3 is 5.73 Å². The maximum Gasteiger partial charge on any atom is 0.175 e. The van der Waals surface area contributed by atoms with Crippen LogP contribution in [-0.4, -0.2) is 11.3 Å². The van der Waals surface area contributed by atoms with Crippen molar-refractivity contribution in [1.82, 2.24) is 0 Å². The van der Waals surface area contributed by atoms with Crippen LogP contribution in [-0.2, 0) is 0 Å². The van der Waals surface area contributed by atoms with Crippen LogP contribution in [0.5, 0.6) is 0 Å². The van der Waals surface area contributed by atoms with E-state index in [4.69, 9.17) is 5.73 Å². The van der Waals surface area contributed by atoms with E-state index >= 15 is 0 Å². The fourth-order valence-electron chi connectivity index (χ4n) is 2.15. The van der Waals surface area contributed by atoms with Crippen LogP contribution in [0.25, 0.3) is 0 Å². The minimum atomic E-state index is -0.236. The van der Waals surface area contributed by atoms with Gasteiger partial charge in [0, 0.05) is 16.4 Å². The fourth-order valence-corrected chi connectivity index (χ4v) is 3.68. The number of halogens is 1. The van der Waals surface area contributed by atoms with Crippen LogP contribution in [0.2, 0.25) is 0 Å². The molecular weight excluding hydrogens is 274 g/mol. The molecule has 0 saturated heterocycles. The first-order chi connectivity index (χ1) is 7.11. The van der Waals surface area contributed by atoms with E-state index in [0.29, 0.717) is 6.42 Å². The van der Waals surface area contributed by atoms with Crippen LogP contribution in [0.3, 0.4) is 0 Å². The molecule has 0 aromatic carbocycles. The summed E-state index contributed by atoms with van der Waals surface area (Å²) in [5.74, 6) is 0.182. The van der Waals surface area contributed by atoms with Crippen molar-refractivity contribution in [1.29, 1.82) is 0 Å². The molecule has 1 aliphatic carbocycles. The fraction of sp³-hybridized carbons (Fsp3) is 0.545. The first-order valence-corrected chi connectivity index (χ1v) is 6.83. The Kier molecular flexibility index (Phi) is 3.28. The van der Waals surface area contributed by atoms with Crippen molar-refractivity contribution in [3.63, 3.8) is 0 Å². The van der Waals surface area contributed by atoms with E-state index in [1.54, 1.807) is 0 Å². The van der Waals surface area contributed by atoms with Gasteiger partial charge in [-0.05, 0) is 40.2 Å². The van der Waals surface area contributed by atoms with Gasteiger partial charge in [0.25, 0.3) is 0 Å². The molecule has 1 aromatic heterocycles. The Morgan fingerprint density at radius 3 is 2.73 bits per heavy atom. The molecule has 1 aromatic rings. The van der Waals surface area contributed by atoms with E-state index in [1.807, 2.05) is 11.4 Å². The summed E-state index contributed by atoms with van der Waals surface area (Å²) >= 11 is 4.87. The quantitative estimate of drug-likeness (QED) is 0.867. The Balaban J connectivity index is 2.07. The second-order valence-electron chi connectivity index (χ2n) is 4.27. The number of carbonyl (C=O) groups is 1. The van der Waals surface area contributed by atoms with E-state index in [-0.39, 0.29) is 11.3 Å². The van der Waals surface area contributed by atoms with Crippen LogP contribution in [0, 0.1) is 0 Å². The summed E-state index contributed by atoms with van der Waals surface area (Å²) in [5, 5.41) is 1.93. The van der Waals surface area contributed by atoms with Crippen LogP contribution in [0.1, 0.15) is 41.8 Å². The lowest BCUT2D eigenvalue weighted by atomic mass is 9.92. The average molecular weight is 288 g/mol. The Morgan fingerprint density at radius 2 is 2.20 bits per heavy atom. The highest BCUT2D eigenvalue weighted by molar-refractivity contribution is 9.10. The summed E-state index contributed by atoms with van der Waals surface area (Å²) in [5.41, 5.74) is 5.95. The minimum absolute atomic E-state index is 0.182. The molecule has 0 bridgehead atoms. The van der Waals surface area contributed by atoms with Crippen molar-refractivity contribution >= 4 is 33.0 Å². The molecule has 0 aliphatic heterocycles. The molecule has 1 saturated carbocycles. The standard InChI is InChI=1S/C11H14BrNOS/c12-8-3-6-15-10(8)9(14)7-11(13)4-1-2-5-11/h3,6H,1-2,4-5,7,13H2. The molecule has 82 valence electrons. The van der Waals surface area contributed by atoms with Crippen LogP contribution in [0.4, 0.5) is 0 Å². The number of thiophene rings is 1. The Morgan fingerprint density at radius 1 is 1.53 bits per heavy atom. The molecule has 0 amide bonds. The second-order valence-corrected chi connectivity index (χ2v) is 6.04. The van der Waals surface area contributed by atoms with E-state index in [9.17, 15) is 4.79 Å². The van der Waals surface area contributed by atoms with Gasteiger partial charge in [-0.2, -0.15) is 0 Å². The topological polar surface area (TPSA) is 43.1 Å². The summed E-state index contributed by atoms with van der Waals surface area (Å²) in [6.45, 7) is 0. The van der Waals surface area contributed by atoms with E-state index in [0.717, 1.165) is 35.0 Å². The van der Waals surface area contributed by atoms with Gasteiger partial charge in [-0.3, -0.25) is 4.79 Å². The zero-order valence-corrected chi connectivity index (χ0v) is 10.9. The predicted octanol–water partition coefficient (Wildman–Crippen LogP) is 3.35. The van der Waals surface area contributed by atoms with Crippen molar-refractivity contribution in [2.75, 3.05) is 0 Å². The third-order valence-electron chi connectivity index (χ3n) is 2.98. The largest absolute Gasteiger partial charge is 0.325 e. The number of Topliss-reactive ketones (excluding diaryl/α,β-unsaturated/α-hetero) is 1. The number of rotatable bonds is 3. The van der Waals surface area contributed by atoms with Gasteiger partial charge in [0.2, 0.25) is 0 Å². The number of nitrogens with two attached hydrogens (primary N) is 1. The summed E-state index contributed by atoms with van der Waals surface area (Å²) < 4.78 is 0.902. The van der Waals surface area contributed by atoms with Crippen LogP contribution in [0.15, 0.2) is 15.9 Å². The first-order valence-electron chi connectivity index (χ1n) is 5.16. The third kappa shape index (κ3) is 2.49. The third-order valence-corrected chi connectivity index (χ3v) is 4.86. The summed E-state index contributed by atoms with van der Waals surface area (Å²) in [6, 6.07) is 1.91. The van der Waals surface area contributed by atoms with Gasteiger partial charge in [0.1, 0.15) is 0 Å². The van der Waals surface area contributed by atoms with Gasteiger partial charge >= 0.3 is 0 Å². The zero-order chi connectivity index (χ0) is 10.9. The molecule has 4 heteroatoms. The van der Waals surface area contributed by atoms with Gasteiger partial charge in [0.15, 0.2) is 5.78 Å². The maximum absolute atomic E-state index is 12.0. The summed E-state index contributed by atoms with van der Waals surface area (Å²) in [6.07, 6.45) is 4.79. The van der Waals surface area contributed by atoms with Gasteiger partial charge in [-0.15, -0.1) is 11.3 Å². The Bertz CT molecular complexity index is 368. The minimum Gasteiger partial charge on any atom is -0.325 e. The lowest BCUT2D eigenvalue weighted by molar-refractivity contribution is 0.0955. The molecule has 0 spiro atoms. The van der Waals surface area contributed by atoms with E-state index < -0.39 is 0 Å². The van der Waals surface area contributed by atoms with Gasteiger partial charge in [0.05, 0.1) is 4.88 Å². The van der Waals surface area contributed by atoms with Crippen LogP contribution < -0.4 is 5.73 Å². The molecular formula is C11H14BrNOS. The monoisotopic (exact) mass is 287 g/mol. The maximum atomic E-state index is 12.0. The zero-order valence-electron chi connectivity index (χ0n) is 8.46. The van der Waals surface area contributed by atoms with Crippen molar-refractivity contribution in [2.45, 2.75) is 37.6 Å². The Hall–Kier alpha value is -0.190. The SMILES string of the molecule is NC1(CC(=O)c2sccc2Br)CCCC1. The highest BCUT2D eigenvalue weighted by Gasteiger charge is 2.32. The number of carbonyl (C=O) groups excluding carboxylic acids is 1. The lowest BCUT2D eigenvalue weighted by Gasteiger charge is -2.21. The van der Waals surface area contributed by atoms with Crippen molar-refractivity contribution in [3.8, 4) is 0 Å². The number of hydrogen-bond donors (Lipinski definition) is 1. The smallest absolute Gasteiger partial charge is 0.175 e. The van der Waals surface area contributed by atoms with Crippen molar-refractivity contribution < 1.29 is 4.79 Å². The van der Waals surface area contributed by atoms with Crippen molar-refractivity contribution in [2.24, 2.45) is 5.73 Å².